The summed E-state index contributed by atoms with van der Waals surface area (Å²) < 4.78 is 10.4. The first kappa shape index (κ1) is 19.5. The van der Waals surface area contributed by atoms with E-state index in [9.17, 15) is 9.59 Å². The van der Waals surface area contributed by atoms with Crippen LogP contribution in [0.15, 0.2) is 36.4 Å². The van der Waals surface area contributed by atoms with Crippen LogP contribution >= 0.6 is 0 Å². The molecule has 148 valence electrons. The fourth-order valence-corrected chi connectivity index (χ4v) is 2.82. The molecule has 1 aliphatic rings. The highest BCUT2D eigenvalue weighted by atomic mass is 16.5. The molecule has 1 fully saturated rings. The van der Waals surface area contributed by atoms with Crippen molar-refractivity contribution in [2.45, 2.75) is 18.9 Å². The number of hydrogen-bond donors (Lipinski definition) is 2. The summed E-state index contributed by atoms with van der Waals surface area (Å²) in [6.07, 6.45) is 2.02. The number of nitrogens with zero attached hydrogens (tertiary/aromatic N) is 1. The second-order valence-electron chi connectivity index (χ2n) is 6.93. The van der Waals surface area contributed by atoms with Gasteiger partial charge in [0.1, 0.15) is 11.5 Å². The number of anilines is 2. The minimum Gasteiger partial charge on any atom is -0.497 e. The van der Waals surface area contributed by atoms with Gasteiger partial charge in [0.25, 0.3) is 11.8 Å². The zero-order valence-electron chi connectivity index (χ0n) is 16.5. The summed E-state index contributed by atoms with van der Waals surface area (Å²) >= 11 is 0. The second kappa shape index (κ2) is 8.21. The van der Waals surface area contributed by atoms with Crippen molar-refractivity contribution in [3.8, 4) is 11.5 Å². The molecule has 0 heterocycles. The van der Waals surface area contributed by atoms with Crippen LogP contribution in [0.25, 0.3) is 0 Å². The molecular weight excluding hydrogens is 358 g/mol. The molecule has 0 atom stereocenters. The van der Waals surface area contributed by atoms with E-state index in [1.54, 1.807) is 30.3 Å². The van der Waals surface area contributed by atoms with Gasteiger partial charge in [-0.25, -0.2) is 0 Å². The lowest BCUT2D eigenvalue weighted by molar-refractivity contribution is 0.0950. The van der Waals surface area contributed by atoms with E-state index in [0.29, 0.717) is 28.3 Å². The van der Waals surface area contributed by atoms with Crippen molar-refractivity contribution in [3.05, 3.63) is 47.5 Å². The van der Waals surface area contributed by atoms with Crippen LogP contribution in [0.5, 0.6) is 11.5 Å². The van der Waals surface area contributed by atoms with Gasteiger partial charge < -0.3 is 25.0 Å². The van der Waals surface area contributed by atoms with Gasteiger partial charge in [0.15, 0.2) is 0 Å². The largest absolute Gasteiger partial charge is 0.497 e. The van der Waals surface area contributed by atoms with Crippen molar-refractivity contribution in [2.24, 2.45) is 0 Å². The number of carbonyl (C=O) groups excluding carboxylic acids is 2. The third-order valence-corrected chi connectivity index (χ3v) is 4.51. The fourth-order valence-electron chi connectivity index (χ4n) is 2.82. The van der Waals surface area contributed by atoms with Crippen LogP contribution in [0, 0.1) is 0 Å². The molecule has 0 aromatic heterocycles. The fraction of sp³-hybridized carbons (Fsp3) is 0.333. The molecule has 2 N–H and O–H groups in total. The third-order valence-electron chi connectivity index (χ3n) is 4.51. The Balaban J connectivity index is 1.85. The van der Waals surface area contributed by atoms with Gasteiger partial charge in [0.2, 0.25) is 0 Å². The number of benzene rings is 2. The Kier molecular flexibility index (Phi) is 5.73. The predicted octanol–water partition coefficient (Wildman–Crippen LogP) is 2.91. The normalized spacial score (nSPS) is 12.9. The van der Waals surface area contributed by atoms with E-state index in [2.05, 4.69) is 10.6 Å². The molecule has 0 unspecified atom stereocenters. The molecule has 7 heteroatoms. The SMILES string of the molecule is COc1cc(OC)cc(C(=O)Nc2ccc(N(C)C)c(C(=O)NC3CC3)c2)c1. The molecule has 0 spiro atoms. The Hall–Kier alpha value is -3.22. The van der Waals surface area contributed by atoms with E-state index < -0.39 is 0 Å². The highest BCUT2D eigenvalue weighted by molar-refractivity contribution is 6.06. The van der Waals surface area contributed by atoms with E-state index in [1.807, 2.05) is 25.1 Å². The topological polar surface area (TPSA) is 79.9 Å². The molecule has 2 aromatic carbocycles. The van der Waals surface area contributed by atoms with Crippen molar-refractivity contribution < 1.29 is 19.1 Å². The van der Waals surface area contributed by atoms with Crippen LogP contribution in [0.2, 0.25) is 0 Å². The Labute approximate surface area is 164 Å². The summed E-state index contributed by atoms with van der Waals surface area (Å²) in [5.74, 6) is 0.600. The number of ether oxygens (including phenoxy) is 2. The lowest BCUT2D eigenvalue weighted by Crippen LogP contribution is -2.27. The minimum atomic E-state index is -0.316. The molecule has 7 nitrogen and oxygen atoms in total. The van der Waals surface area contributed by atoms with Gasteiger partial charge in [-0.3, -0.25) is 9.59 Å². The van der Waals surface area contributed by atoms with Crippen LogP contribution in [0.1, 0.15) is 33.6 Å². The number of carbonyl (C=O) groups is 2. The summed E-state index contributed by atoms with van der Waals surface area (Å²) in [5.41, 5.74) is 2.26. The quantitative estimate of drug-likeness (QED) is 0.769. The van der Waals surface area contributed by atoms with Crippen molar-refractivity contribution in [1.29, 1.82) is 0 Å². The number of nitrogens with one attached hydrogen (secondary N) is 2. The van der Waals surface area contributed by atoms with Gasteiger partial charge in [-0.05, 0) is 43.2 Å². The monoisotopic (exact) mass is 383 g/mol. The van der Waals surface area contributed by atoms with Crippen LogP contribution in [0.3, 0.4) is 0 Å². The van der Waals surface area contributed by atoms with Gasteiger partial charge in [0.05, 0.1) is 19.8 Å². The van der Waals surface area contributed by atoms with Crippen LogP contribution in [0.4, 0.5) is 11.4 Å². The maximum absolute atomic E-state index is 12.7. The smallest absolute Gasteiger partial charge is 0.255 e. The average Bonchev–Trinajstić information content (AvgIpc) is 3.51. The zero-order chi connectivity index (χ0) is 20.3. The second-order valence-corrected chi connectivity index (χ2v) is 6.93. The van der Waals surface area contributed by atoms with Crippen molar-refractivity contribution in [1.82, 2.24) is 5.32 Å². The number of rotatable bonds is 7. The van der Waals surface area contributed by atoms with Crippen LogP contribution < -0.4 is 25.0 Å². The van der Waals surface area contributed by atoms with Crippen LogP contribution in [-0.4, -0.2) is 46.2 Å². The summed E-state index contributed by atoms with van der Waals surface area (Å²) in [5, 5.41) is 5.84. The van der Waals surface area contributed by atoms with Gasteiger partial charge >= 0.3 is 0 Å². The zero-order valence-corrected chi connectivity index (χ0v) is 16.5. The standard InChI is InChI=1S/C21H25N3O4/c1-24(2)19-8-7-15(11-18(19)21(26)22-14-5-6-14)23-20(25)13-9-16(27-3)12-17(10-13)28-4/h7-12,14H,5-6H2,1-4H3,(H,22,26)(H,23,25). The molecule has 28 heavy (non-hydrogen) atoms. The first-order valence-electron chi connectivity index (χ1n) is 9.08. The number of amides is 2. The Morgan fingerprint density at radius 2 is 1.61 bits per heavy atom. The molecule has 1 aliphatic carbocycles. The van der Waals surface area contributed by atoms with E-state index in [0.717, 1.165) is 18.5 Å². The molecule has 1 saturated carbocycles. The summed E-state index contributed by atoms with van der Waals surface area (Å²) in [6, 6.07) is 10.5. The van der Waals surface area contributed by atoms with Crippen LogP contribution in [-0.2, 0) is 0 Å². The van der Waals surface area contributed by atoms with Crippen molar-refractivity contribution in [3.63, 3.8) is 0 Å². The molecule has 2 amide bonds. The van der Waals surface area contributed by atoms with E-state index >= 15 is 0 Å². The lowest BCUT2D eigenvalue weighted by Gasteiger charge is -2.18. The molecule has 0 bridgehead atoms. The highest BCUT2D eigenvalue weighted by Gasteiger charge is 2.25. The molecule has 0 aliphatic heterocycles. The number of hydrogen-bond acceptors (Lipinski definition) is 5. The molecule has 2 aromatic rings. The van der Waals surface area contributed by atoms with Gasteiger partial charge in [-0.1, -0.05) is 0 Å². The highest BCUT2D eigenvalue weighted by Crippen LogP contribution is 2.27. The minimum absolute atomic E-state index is 0.134. The summed E-state index contributed by atoms with van der Waals surface area (Å²) in [6.45, 7) is 0. The van der Waals surface area contributed by atoms with E-state index in [4.69, 9.17) is 9.47 Å². The predicted molar refractivity (Wildman–Crippen MR) is 109 cm³/mol. The van der Waals surface area contributed by atoms with Gasteiger partial charge in [0, 0.05) is 43.1 Å². The lowest BCUT2D eigenvalue weighted by atomic mass is 10.1. The Morgan fingerprint density at radius 3 is 2.14 bits per heavy atom. The van der Waals surface area contributed by atoms with Crippen molar-refractivity contribution in [2.75, 3.05) is 38.5 Å². The molecule has 3 rings (SSSR count). The summed E-state index contributed by atoms with van der Waals surface area (Å²) in [4.78, 5) is 27.2. The maximum Gasteiger partial charge on any atom is 0.255 e. The van der Waals surface area contributed by atoms with E-state index in [-0.39, 0.29) is 17.9 Å². The summed E-state index contributed by atoms with van der Waals surface area (Å²) in [7, 11) is 6.82. The Morgan fingerprint density at radius 1 is 0.964 bits per heavy atom. The van der Waals surface area contributed by atoms with Gasteiger partial charge in [-0.15, -0.1) is 0 Å². The molecule has 0 saturated heterocycles. The number of methoxy groups -OCH3 is 2. The van der Waals surface area contributed by atoms with Crippen molar-refractivity contribution >= 4 is 23.2 Å². The van der Waals surface area contributed by atoms with E-state index in [1.165, 1.54) is 14.2 Å². The maximum atomic E-state index is 12.7. The third kappa shape index (κ3) is 4.54. The molecular formula is C21H25N3O4. The molecule has 0 radical (unpaired) electrons. The first-order valence-corrected chi connectivity index (χ1v) is 9.08. The Bertz CT molecular complexity index is 869. The average molecular weight is 383 g/mol. The van der Waals surface area contributed by atoms with Gasteiger partial charge in [-0.2, -0.15) is 0 Å². The first-order chi connectivity index (χ1) is 13.4.